The molecule has 90 valence electrons. The molecule has 0 aliphatic rings. The summed E-state index contributed by atoms with van der Waals surface area (Å²) in [6.45, 7) is 5.69. The van der Waals surface area contributed by atoms with Crippen molar-refractivity contribution >= 4 is 15.9 Å². The predicted molar refractivity (Wildman–Crippen MR) is 71.8 cm³/mol. The van der Waals surface area contributed by atoms with Crippen LogP contribution in [-0.2, 0) is 6.54 Å². The largest absolute Gasteiger partial charge is 0.439 e. The van der Waals surface area contributed by atoms with Crippen molar-refractivity contribution in [3.63, 3.8) is 0 Å². The highest BCUT2D eigenvalue weighted by Crippen LogP contribution is 2.30. The van der Waals surface area contributed by atoms with Gasteiger partial charge in [0.05, 0.1) is 12.7 Å². The molecule has 1 aromatic heterocycles. The van der Waals surface area contributed by atoms with E-state index in [0.29, 0.717) is 6.54 Å². The van der Waals surface area contributed by atoms with Crippen molar-refractivity contribution in [2.75, 3.05) is 6.54 Å². The van der Waals surface area contributed by atoms with E-state index in [0.717, 1.165) is 28.2 Å². The lowest BCUT2D eigenvalue weighted by molar-refractivity contribution is 0.482. The molecule has 0 amide bonds. The molecule has 0 aliphatic heterocycles. The summed E-state index contributed by atoms with van der Waals surface area (Å²) in [4.78, 5) is 4.25. The highest BCUT2D eigenvalue weighted by atomic mass is 79.9. The second-order valence-electron chi connectivity index (χ2n) is 3.84. The van der Waals surface area contributed by atoms with Gasteiger partial charge in [0.25, 0.3) is 0 Å². The van der Waals surface area contributed by atoms with Crippen LogP contribution in [-0.4, -0.2) is 11.5 Å². The molecular weight excluding hydrogens is 280 g/mol. The number of nitrogens with zero attached hydrogens (tertiary/aromatic N) is 1. The molecule has 1 aromatic carbocycles. The van der Waals surface area contributed by atoms with Crippen LogP contribution in [0.4, 0.5) is 0 Å². The fourth-order valence-electron chi connectivity index (χ4n) is 1.59. The third kappa shape index (κ3) is 2.76. The Morgan fingerprint density at radius 3 is 3.00 bits per heavy atom. The van der Waals surface area contributed by atoms with E-state index in [-0.39, 0.29) is 0 Å². The molecule has 1 heterocycles. The zero-order valence-corrected chi connectivity index (χ0v) is 11.5. The zero-order chi connectivity index (χ0) is 12.3. The second kappa shape index (κ2) is 5.47. The molecule has 0 atom stereocenters. The molecule has 0 saturated heterocycles. The van der Waals surface area contributed by atoms with Gasteiger partial charge in [0, 0.05) is 10.0 Å². The van der Waals surface area contributed by atoms with Crippen LogP contribution in [0.5, 0.6) is 0 Å². The Bertz CT molecular complexity index is 508. The molecular formula is C13H15BrN2O. The maximum Gasteiger partial charge on any atom is 0.208 e. The molecule has 0 radical (unpaired) electrons. The Morgan fingerprint density at radius 1 is 1.41 bits per heavy atom. The lowest BCUT2D eigenvalue weighted by Gasteiger charge is -2.03. The minimum atomic E-state index is 0.667. The highest BCUT2D eigenvalue weighted by molar-refractivity contribution is 9.10. The SMILES string of the molecule is CCNCc1ncc(-c2cccc(C)c2Br)o1. The molecule has 0 fully saturated rings. The first-order chi connectivity index (χ1) is 8.22. The molecule has 2 aromatic rings. The third-order valence-corrected chi connectivity index (χ3v) is 3.59. The minimum Gasteiger partial charge on any atom is -0.439 e. The van der Waals surface area contributed by atoms with Crippen molar-refractivity contribution < 1.29 is 4.42 Å². The van der Waals surface area contributed by atoms with E-state index in [1.165, 1.54) is 5.56 Å². The van der Waals surface area contributed by atoms with Gasteiger partial charge in [0.15, 0.2) is 5.76 Å². The van der Waals surface area contributed by atoms with Gasteiger partial charge in [-0.15, -0.1) is 0 Å². The maximum atomic E-state index is 5.70. The number of benzene rings is 1. The van der Waals surface area contributed by atoms with Crippen LogP contribution in [0.1, 0.15) is 18.4 Å². The summed E-state index contributed by atoms with van der Waals surface area (Å²) in [7, 11) is 0. The van der Waals surface area contributed by atoms with Crippen molar-refractivity contribution in [1.29, 1.82) is 0 Å². The molecule has 0 spiro atoms. The number of rotatable bonds is 4. The molecule has 17 heavy (non-hydrogen) atoms. The molecule has 1 N–H and O–H groups in total. The van der Waals surface area contributed by atoms with E-state index >= 15 is 0 Å². The van der Waals surface area contributed by atoms with Crippen molar-refractivity contribution in [3.8, 4) is 11.3 Å². The number of oxazole rings is 1. The minimum absolute atomic E-state index is 0.667. The third-order valence-electron chi connectivity index (χ3n) is 2.54. The number of hydrogen-bond donors (Lipinski definition) is 1. The van der Waals surface area contributed by atoms with E-state index in [9.17, 15) is 0 Å². The normalized spacial score (nSPS) is 10.8. The summed E-state index contributed by atoms with van der Waals surface area (Å²) in [6, 6.07) is 6.10. The summed E-state index contributed by atoms with van der Waals surface area (Å²) < 4.78 is 6.77. The molecule has 0 unspecified atom stereocenters. The summed E-state index contributed by atoms with van der Waals surface area (Å²) in [5, 5.41) is 3.19. The van der Waals surface area contributed by atoms with Crippen molar-refractivity contribution in [2.24, 2.45) is 0 Å². The number of nitrogens with one attached hydrogen (secondary N) is 1. The number of aryl methyl sites for hydroxylation is 1. The smallest absolute Gasteiger partial charge is 0.208 e. The summed E-state index contributed by atoms with van der Waals surface area (Å²) in [6.07, 6.45) is 1.77. The maximum absolute atomic E-state index is 5.70. The summed E-state index contributed by atoms with van der Waals surface area (Å²) in [5.74, 6) is 1.52. The molecule has 0 bridgehead atoms. The van der Waals surface area contributed by atoms with Gasteiger partial charge in [-0.05, 0) is 35.0 Å². The first kappa shape index (κ1) is 12.3. The van der Waals surface area contributed by atoms with Crippen molar-refractivity contribution in [3.05, 3.63) is 40.3 Å². The average molecular weight is 295 g/mol. The van der Waals surface area contributed by atoms with Crippen LogP contribution in [0.3, 0.4) is 0 Å². The van der Waals surface area contributed by atoms with E-state index in [1.807, 2.05) is 12.1 Å². The molecule has 0 saturated carbocycles. The van der Waals surface area contributed by atoms with E-state index in [2.05, 4.69) is 46.1 Å². The highest BCUT2D eigenvalue weighted by Gasteiger charge is 2.10. The van der Waals surface area contributed by atoms with Gasteiger partial charge in [-0.3, -0.25) is 0 Å². The van der Waals surface area contributed by atoms with Gasteiger partial charge in [0.1, 0.15) is 0 Å². The quantitative estimate of drug-likeness (QED) is 0.937. The van der Waals surface area contributed by atoms with Crippen molar-refractivity contribution in [2.45, 2.75) is 20.4 Å². The van der Waals surface area contributed by atoms with Crippen molar-refractivity contribution in [1.82, 2.24) is 10.3 Å². The second-order valence-corrected chi connectivity index (χ2v) is 4.63. The van der Waals surface area contributed by atoms with Crippen LogP contribution in [0.2, 0.25) is 0 Å². The fourth-order valence-corrected chi connectivity index (χ4v) is 2.05. The van der Waals surface area contributed by atoms with E-state index in [4.69, 9.17) is 4.42 Å². The Labute approximate surface area is 109 Å². The lowest BCUT2D eigenvalue weighted by atomic mass is 10.1. The topological polar surface area (TPSA) is 38.1 Å². The van der Waals surface area contributed by atoms with Crippen LogP contribution >= 0.6 is 15.9 Å². The van der Waals surface area contributed by atoms with Gasteiger partial charge < -0.3 is 9.73 Å². The summed E-state index contributed by atoms with van der Waals surface area (Å²) in [5.41, 5.74) is 2.23. The van der Waals surface area contributed by atoms with E-state index < -0.39 is 0 Å². The Hall–Kier alpha value is -1.13. The van der Waals surface area contributed by atoms with Gasteiger partial charge in [-0.2, -0.15) is 0 Å². The van der Waals surface area contributed by atoms with Crippen LogP contribution in [0, 0.1) is 6.92 Å². The predicted octanol–water partition coefficient (Wildman–Crippen LogP) is 3.52. The van der Waals surface area contributed by atoms with E-state index in [1.54, 1.807) is 6.20 Å². The first-order valence-corrected chi connectivity index (χ1v) is 6.42. The Balaban J connectivity index is 2.27. The van der Waals surface area contributed by atoms with Gasteiger partial charge in [0.2, 0.25) is 5.89 Å². The van der Waals surface area contributed by atoms with Gasteiger partial charge in [-0.1, -0.05) is 25.1 Å². The lowest BCUT2D eigenvalue weighted by Crippen LogP contribution is -2.11. The van der Waals surface area contributed by atoms with Crippen LogP contribution in [0.25, 0.3) is 11.3 Å². The Kier molecular flexibility index (Phi) is 3.97. The molecule has 2 rings (SSSR count). The number of aromatic nitrogens is 1. The molecule has 0 aliphatic carbocycles. The standard InChI is InChI=1S/C13H15BrN2O/c1-3-15-8-12-16-7-11(17-12)10-6-4-5-9(2)13(10)14/h4-7,15H,3,8H2,1-2H3. The number of halogens is 1. The first-order valence-electron chi connectivity index (χ1n) is 5.63. The van der Waals surface area contributed by atoms with Crippen LogP contribution in [0.15, 0.2) is 33.3 Å². The molecule has 4 heteroatoms. The van der Waals surface area contributed by atoms with Gasteiger partial charge in [-0.25, -0.2) is 4.98 Å². The average Bonchev–Trinajstić information content (AvgIpc) is 2.78. The monoisotopic (exact) mass is 294 g/mol. The van der Waals surface area contributed by atoms with Crippen LogP contribution < -0.4 is 5.32 Å². The summed E-state index contributed by atoms with van der Waals surface area (Å²) >= 11 is 3.58. The zero-order valence-electron chi connectivity index (χ0n) is 9.96. The van der Waals surface area contributed by atoms with Gasteiger partial charge >= 0.3 is 0 Å². The molecule has 3 nitrogen and oxygen atoms in total. The number of hydrogen-bond acceptors (Lipinski definition) is 3. The fraction of sp³-hybridized carbons (Fsp3) is 0.308. The Morgan fingerprint density at radius 2 is 2.24 bits per heavy atom.